The maximum atomic E-state index is 12.4. The van der Waals surface area contributed by atoms with Crippen LogP contribution in [0, 0.1) is 6.92 Å². The van der Waals surface area contributed by atoms with Crippen molar-refractivity contribution in [1.29, 1.82) is 0 Å². The van der Waals surface area contributed by atoms with Gasteiger partial charge in [-0.25, -0.2) is 0 Å². The number of nitrogens with zero attached hydrogens (tertiary/aromatic N) is 1. The molecule has 1 aromatic rings. The molecule has 0 aromatic carbocycles. The van der Waals surface area contributed by atoms with E-state index in [2.05, 4.69) is 15.9 Å². The van der Waals surface area contributed by atoms with E-state index >= 15 is 0 Å². The molecule has 0 saturated carbocycles. The number of aryl methyl sites for hydroxylation is 1. The van der Waals surface area contributed by atoms with E-state index in [9.17, 15) is 4.79 Å². The maximum Gasteiger partial charge on any atom is 0.264 e. The Morgan fingerprint density at radius 3 is 3.00 bits per heavy atom. The van der Waals surface area contributed by atoms with Gasteiger partial charge in [0.05, 0.1) is 34.0 Å². The lowest BCUT2D eigenvalue weighted by Gasteiger charge is -2.37. The maximum absolute atomic E-state index is 12.4. The first kappa shape index (κ1) is 14.0. The van der Waals surface area contributed by atoms with Crippen LogP contribution >= 0.6 is 27.3 Å². The van der Waals surface area contributed by atoms with Crippen molar-refractivity contribution in [1.82, 2.24) is 4.90 Å². The highest BCUT2D eigenvalue weighted by molar-refractivity contribution is 9.11. The molecular weight excluding hydrogens is 318 g/mol. The fourth-order valence-electron chi connectivity index (χ4n) is 1.92. The van der Waals surface area contributed by atoms with Gasteiger partial charge in [0.1, 0.15) is 0 Å². The summed E-state index contributed by atoms with van der Waals surface area (Å²) in [7, 11) is 0. The smallest absolute Gasteiger partial charge is 0.264 e. The number of aliphatic hydroxyl groups excluding tert-OH is 1. The van der Waals surface area contributed by atoms with E-state index in [1.165, 1.54) is 11.3 Å². The summed E-state index contributed by atoms with van der Waals surface area (Å²) in [6, 6.07) is 1.94. The van der Waals surface area contributed by atoms with E-state index in [4.69, 9.17) is 9.84 Å². The molecule has 0 radical (unpaired) electrons. The summed E-state index contributed by atoms with van der Waals surface area (Å²) in [4.78, 5) is 14.9. The topological polar surface area (TPSA) is 49.8 Å². The molecule has 1 aliphatic rings. The molecule has 6 heteroatoms. The number of ether oxygens (including phenoxy) is 1. The fourth-order valence-corrected chi connectivity index (χ4v) is 3.41. The van der Waals surface area contributed by atoms with Gasteiger partial charge in [0, 0.05) is 6.54 Å². The second kappa shape index (κ2) is 5.69. The van der Waals surface area contributed by atoms with Crippen molar-refractivity contribution in [3.63, 3.8) is 0 Å². The Morgan fingerprint density at radius 2 is 2.44 bits per heavy atom. The molecule has 2 unspecified atom stereocenters. The Balaban J connectivity index is 2.16. The minimum absolute atomic E-state index is 0.0167. The summed E-state index contributed by atoms with van der Waals surface area (Å²) in [6.45, 7) is 4.80. The zero-order valence-corrected chi connectivity index (χ0v) is 12.8. The lowest BCUT2D eigenvalue weighted by atomic mass is 10.2. The van der Waals surface area contributed by atoms with Gasteiger partial charge in [0.15, 0.2) is 0 Å². The second-order valence-electron chi connectivity index (χ2n) is 4.51. The van der Waals surface area contributed by atoms with Crippen LogP contribution in [0.15, 0.2) is 9.85 Å². The van der Waals surface area contributed by atoms with Gasteiger partial charge >= 0.3 is 0 Å². The monoisotopic (exact) mass is 333 g/mol. The summed E-state index contributed by atoms with van der Waals surface area (Å²) in [5.41, 5.74) is 1.07. The Labute approximate surface area is 119 Å². The van der Waals surface area contributed by atoms with Crippen LogP contribution in [0.2, 0.25) is 0 Å². The number of hydrogen-bond acceptors (Lipinski definition) is 4. The molecule has 0 spiro atoms. The van der Waals surface area contributed by atoms with Gasteiger partial charge in [0.25, 0.3) is 5.91 Å². The van der Waals surface area contributed by atoms with Crippen LogP contribution in [0.4, 0.5) is 0 Å². The van der Waals surface area contributed by atoms with Crippen molar-refractivity contribution in [2.45, 2.75) is 26.0 Å². The zero-order valence-electron chi connectivity index (χ0n) is 10.4. The highest BCUT2D eigenvalue weighted by Gasteiger charge is 2.30. The second-order valence-corrected chi connectivity index (χ2v) is 6.88. The van der Waals surface area contributed by atoms with Crippen LogP contribution in [0.5, 0.6) is 0 Å². The number of thiophene rings is 1. The first-order valence-corrected chi connectivity index (χ1v) is 7.43. The molecule has 0 bridgehead atoms. The number of halogens is 1. The predicted molar refractivity (Wildman–Crippen MR) is 74.1 cm³/mol. The minimum Gasteiger partial charge on any atom is -0.394 e. The molecule has 18 heavy (non-hydrogen) atoms. The van der Waals surface area contributed by atoms with Gasteiger partial charge in [-0.15, -0.1) is 11.3 Å². The van der Waals surface area contributed by atoms with E-state index in [0.29, 0.717) is 13.2 Å². The Bertz CT molecular complexity index is 429. The van der Waals surface area contributed by atoms with Gasteiger partial charge in [0.2, 0.25) is 0 Å². The van der Waals surface area contributed by atoms with Crippen LogP contribution in [-0.4, -0.2) is 47.8 Å². The Kier molecular flexibility index (Phi) is 4.42. The molecule has 1 saturated heterocycles. The van der Waals surface area contributed by atoms with Crippen molar-refractivity contribution in [3.8, 4) is 0 Å². The van der Waals surface area contributed by atoms with Crippen LogP contribution < -0.4 is 0 Å². The van der Waals surface area contributed by atoms with Crippen LogP contribution in [-0.2, 0) is 4.74 Å². The zero-order chi connectivity index (χ0) is 13.3. The van der Waals surface area contributed by atoms with Crippen LogP contribution in [0.1, 0.15) is 22.2 Å². The van der Waals surface area contributed by atoms with Crippen molar-refractivity contribution < 1.29 is 14.6 Å². The summed E-state index contributed by atoms with van der Waals surface area (Å²) in [5.74, 6) is 0.0167. The average Bonchev–Trinajstić information content (AvgIpc) is 2.69. The summed E-state index contributed by atoms with van der Waals surface area (Å²) >= 11 is 4.88. The molecule has 1 amide bonds. The average molecular weight is 334 g/mol. The quantitative estimate of drug-likeness (QED) is 0.901. The first-order chi connectivity index (χ1) is 8.52. The molecule has 1 N–H and O–H groups in total. The van der Waals surface area contributed by atoms with Gasteiger partial charge in [-0.05, 0) is 41.4 Å². The molecule has 2 atom stereocenters. The molecule has 4 nitrogen and oxygen atoms in total. The molecule has 2 rings (SSSR count). The van der Waals surface area contributed by atoms with E-state index in [0.717, 1.165) is 14.2 Å². The number of carbonyl (C=O) groups is 1. The summed E-state index contributed by atoms with van der Waals surface area (Å²) < 4.78 is 6.43. The third-order valence-electron chi connectivity index (χ3n) is 3.04. The number of hydrogen-bond donors (Lipinski definition) is 1. The van der Waals surface area contributed by atoms with Crippen molar-refractivity contribution >= 4 is 33.2 Å². The molecule has 1 fully saturated rings. The molecule has 1 aliphatic heterocycles. The highest BCUT2D eigenvalue weighted by atomic mass is 79.9. The van der Waals surface area contributed by atoms with Gasteiger partial charge < -0.3 is 14.7 Å². The number of rotatable bonds is 2. The summed E-state index contributed by atoms with van der Waals surface area (Å²) in [5, 5.41) is 9.13. The van der Waals surface area contributed by atoms with Gasteiger partial charge in [-0.3, -0.25) is 4.79 Å². The molecular formula is C12H16BrNO3S. The van der Waals surface area contributed by atoms with Crippen molar-refractivity contribution in [2.24, 2.45) is 0 Å². The van der Waals surface area contributed by atoms with Crippen LogP contribution in [0.3, 0.4) is 0 Å². The minimum atomic E-state index is -0.269. The van der Waals surface area contributed by atoms with Gasteiger partial charge in [-0.1, -0.05) is 0 Å². The lowest BCUT2D eigenvalue weighted by Crippen LogP contribution is -2.51. The van der Waals surface area contributed by atoms with Crippen LogP contribution in [0.25, 0.3) is 0 Å². The number of aliphatic hydroxyl groups is 1. The van der Waals surface area contributed by atoms with E-state index in [-0.39, 0.29) is 24.7 Å². The van der Waals surface area contributed by atoms with E-state index in [1.54, 1.807) is 4.90 Å². The van der Waals surface area contributed by atoms with Gasteiger partial charge in [-0.2, -0.15) is 0 Å². The molecule has 100 valence electrons. The third-order valence-corrected chi connectivity index (χ3v) is 5.16. The standard InChI is InChI=1S/C12H16BrNO3S/c1-7-3-10(18-11(7)13)12(16)14-4-9(5-15)17-6-8(14)2/h3,8-9,15H,4-6H2,1-2H3. The number of morpholine rings is 1. The molecule has 2 heterocycles. The highest BCUT2D eigenvalue weighted by Crippen LogP contribution is 2.29. The normalized spacial score (nSPS) is 24.3. The first-order valence-electron chi connectivity index (χ1n) is 5.82. The SMILES string of the molecule is Cc1cc(C(=O)N2CC(CO)OCC2C)sc1Br. The number of carbonyl (C=O) groups excluding carboxylic acids is 1. The van der Waals surface area contributed by atoms with Crippen molar-refractivity contribution in [2.75, 3.05) is 19.8 Å². The Morgan fingerprint density at radius 1 is 1.72 bits per heavy atom. The third kappa shape index (κ3) is 2.77. The number of amides is 1. The van der Waals surface area contributed by atoms with Crippen molar-refractivity contribution in [3.05, 3.63) is 20.3 Å². The fraction of sp³-hybridized carbons (Fsp3) is 0.583. The molecule has 0 aliphatic carbocycles. The Hall–Kier alpha value is -0.430. The lowest BCUT2D eigenvalue weighted by molar-refractivity contribution is -0.0666. The van der Waals surface area contributed by atoms with E-state index < -0.39 is 0 Å². The largest absolute Gasteiger partial charge is 0.394 e. The molecule has 1 aromatic heterocycles. The summed E-state index contributed by atoms with van der Waals surface area (Å²) in [6.07, 6.45) is -0.269. The predicted octanol–water partition coefficient (Wildman–Crippen LogP) is 2.04. The van der Waals surface area contributed by atoms with E-state index in [1.807, 2.05) is 19.9 Å².